The van der Waals surface area contributed by atoms with E-state index in [-0.39, 0.29) is 18.6 Å². The molecule has 0 aromatic carbocycles. The van der Waals surface area contributed by atoms with Crippen LogP contribution in [0.3, 0.4) is 0 Å². The number of hydrogen-bond donors (Lipinski definition) is 3. The number of H-pyrrole nitrogens is 1. The van der Waals surface area contributed by atoms with Gasteiger partial charge in [-0.05, 0) is 0 Å². The van der Waals surface area contributed by atoms with Crippen molar-refractivity contribution >= 4 is 6.08 Å². The van der Waals surface area contributed by atoms with Crippen LogP contribution in [0.4, 0.5) is 0 Å². The number of hydrogen-bond acceptors (Lipinski definition) is 5. The highest BCUT2D eigenvalue weighted by Crippen LogP contribution is 2.27. The van der Waals surface area contributed by atoms with Crippen molar-refractivity contribution < 1.29 is 14.9 Å². The van der Waals surface area contributed by atoms with E-state index in [1.807, 2.05) is 0 Å². The first-order valence-electron chi connectivity index (χ1n) is 5.49. The molecule has 7 heteroatoms. The molecule has 0 aliphatic carbocycles. The molecule has 98 valence electrons. The molecule has 18 heavy (non-hydrogen) atoms. The Hall–Kier alpha value is -1.70. The van der Waals surface area contributed by atoms with Gasteiger partial charge in [-0.15, -0.1) is 0 Å². The molecule has 1 aliphatic heterocycles. The van der Waals surface area contributed by atoms with Crippen LogP contribution >= 0.6 is 0 Å². The molecule has 3 atom stereocenters. The average molecular weight is 255 g/mol. The highest BCUT2D eigenvalue weighted by Gasteiger charge is 2.34. The van der Waals surface area contributed by atoms with Gasteiger partial charge in [-0.25, -0.2) is 4.79 Å². The maximum Gasteiger partial charge on any atom is 0.330 e. The number of rotatable bonds is 3. The van der Waals surface area contributed by atoms with Crippen LogP contribution in [0.2, 0.25) is 0 Å². The first kappa shape index (κ1) is 12.7. The van der Waals surface area contributed by atoms with Gasteiger partial charge in [-0.3, -0.25) is 14.3 Å². The van der Waals surface area contributed by atoms with E-state index in [9.17, 15) is 14.7 Å². The topological polar surface area (TPSA) is 105 Å². The molecule has 1 aliphatic rings. The summed E-state index contributed by atoms with van der Waals surface area (Å²) in [6.45, 7) is 3.14. The summed E-state index contributed by atoms with van der Waals surface area (Å²) in [6.07, 6.45) is 0.551. The van der Waals surface area contributed by atoms with Crippen molar-refractivity contribution in [3.63, 3.8) is 0 Å². The van der Waals surface area contributed by atoms with E-state index in [0.717, 1.165) is 0 Å². The Bertz CT molecular complexity index is 561. The predicted octanol–water partition coefficient (Wildman–Crippen LogP) is -1.18. The molecule has 7 nitrogen and oxygen atoms in total. The number of aromatic nitrogens is 2. The molecule has 0 spiro atoms. The first-order chi connectivity index (χ1) is 8.56. The second-order valence-corrected chi connectivity index (χ2v) is 4.07. The summed E-state index contributed by atoms with van der Waals surface area (Å²) in [7, 11) is 0. The van der Waals surface area contributed by atoms with Gasteiger partial charge in [0.1, 0.15) is 12.3 Å². The van der Waals surface area contributed by atoms with Crippen LogP contribution in [-0.4, -0.2) is 38.6 Å². The third-order valence-electron chi connectivity index (χ3n) is 2.91. The van der Waals surface area contributed by atoms with E-state index in [4.69, 9.17) is 9.84 Å². The van der Waals surface area contributed by atoms with E-state index in [2.05, 4.69) is 11.6 Å². The Morgan fingerprint density at radius 2 is 2.33 bits per heavy atom. The summed E-state index contributed by atoms with van der Waals surface area (Å²) in [5.74, 6) is 0. The van der Waals surface area contributed by atoms with Gasteiger partial charge in [0, 0.05) is 12.6 Å². The van der Waals surface area contributed by atoms with Crippen LogP contribution < -0.4 is 11.2 Å². The molecule has 2 rings (SSSR count). The number of nitrogens with zero attached hydrogens (tertiary/aromatic N) is 1. The van der Waals surface area contributed by atoms with Gasteiger partial charge in [-0.1, -0.05) is 12.7 Å². The molecule has 0 saturated carbocycles. The lowest BCUT2D eigenvalue weighted by Crippen LogP contribution is -2.33. The number of aromatic amines is 1. The van der Waals surface area contributed by atoms with Gasteiger partial charge >= 0.3 is 5.69 Å². The fourth-order valence-corrected chi connectivity index (χ4v) is 1.91. The summed E-state index contributed by atoms with van der Waals surface area (Å²) >= 11 is 0. The fraction of sp³-hybridized carbons (Fsp3) is 0.455. The van der Waals surface area contributed by atoms with Crippen LogP contribution in [0.1, 0.15) is 18.2 Å². The standard InChI is InChI=1S/C11H14N2O5/c1-2-6-4-13(11(17)12-10(6)16)9-3-7(15)8(5-14)18-9/h2,4,7-9,14-15H,1,3,5H2,(H,12,16,17)/t7-,8-,9-/m1/s1/i2+1. The van der Waals surface area contributed by atoms with Crippen LogP contribution in [-0.2, 0) is 4.74 Å². The maximum absolute atomic E-state index is 11.6. The van der Waals surface area contributed by atoms with Crippen molar-refractivity contribution in [3.05, 3.63) is 39.2 Å². The number of aliphatic hydroxyl groups is 2. The summed E-state index contributed by atoms with van der Waals surface area (Å²) < 4.78 is 6.51. The van der Waals surface area contributed by atoms with Crippen molar-refractivity contribution in [2.24, 2.45) is 0 Å². The molecule has 1 saturated heterocycles. The quantitative estimate of drug-likeness (QED) is 0.590. The van der Waals surface area contributed by atoms with Crippen LogP contribution in [0.5, 0.6) is 0 Å². The van der Waals surface area contributed by atoms with Gasteiger partial charge in [0.2, 0.25) is 0 Å². The maximum atomic E-state index is 11.6. The van der Waals surface area contributed by atoms with Crippen molar-refractivity contribution in [2.75, 3.05) is 6.61 Å². The lowest BCUT2D eigenvalue weighted by molar-refractivity contribution is -0.0459. The third kappa shape index (κ3) is 2.15. The van der Waals surface area contributed by atoms with E-state index in [0.29, 0.717) is 0 Å². The fourth-order valence-electron chi connectivity index (χ4n) is 1.91. The van der Waals surface area contributed by atoms with Gasteiger partial charge in [0.15, 0.2) is 0 Å². The molecule has 0 radical (unpaired) electrons. The normalized spacial score (nSPS) is 27.3. The molecular weight excluding hydrogens is 241 g/mol. The van der Waals surface area contributed by atoms with Crippen molar-refractivity contribution in [1.82, 2.24) is 9.55 Å². The minimum atomic E-state index is -0.842. The Kier molecular flexibility index (Phi) is 3.46. The van der Waals surface area contributed by atoms with E-state index in [1.165, 1.54) is 16.8 Å². The van der Waals surface area contributed by atoms with E-state index >= 15 is 0 Å². The predicted molar refractivity (Wildman–Crippen MR) is 63.0 cm³/mol. The lowest BCUT2D eigenvalue weighted by Gasteiger charge is -2.14. The zero-order chi connectivity index (χ0) is 13.3. The summed E-state index contributed by atoms with van der Waals surface area (Å²) in [5, 5.41) is 18.6. The van der Waals surface area contributed by atoms with E-state index < -0.39 is 29.7 Å². The van der Waals surface area contributed by atoms with Gasteiger partial charge in [-0.2, -0.15) is 0 Å². The molecule has 1 fully saturated rings. The van der Waals surface area contributed by atoms with E-state index in [1.54, 1.807) is 0 Å². The SMILES string of the molecule is C=[13CH]c1cn([C@H]2C[C@@H](O)[C@@H](CO)O2)c(=O)[nH]c1=O. The van der Waals surface area contributed by atoms with Gasteiger partial charge in [0.25, 0.3) is 5.56 Å². The minimum Gasteiger partial charge on any atom is -0.394 e. The number of ether oxygens (including phenoxy) is 1. The second kappa shape index (κ2) is 4.89. The Morgan fingerprint density at radius 1 is 1.61 bits per heavy atom. The van der Waals surface area contributed by atoms with Crippen LogP contribution in [0.15, 0.2) is 22.4 Å². The molecule has 0 amide bonds. The Labute approximate surface area is 102 Å². The monoisotopic (exact) mass is 255 g/mol. The minimum absolute atomic E-state index is 0.174. The second-order valence-electron chi connectivity index (χ2n) is 4.07. The van der Waals surface area contributed by atoms with Gasteiger partial charge < -0.3 is 14.9 Å². The first-order valence-corrected chi connectivity index (χ1v) is 5.49. The smallest absolute Gasteiger partial charge is 0.330 e. The lowest BCUT2D eigenvalue weighted by atomic mass is 10.2. The van der Waals surface area contributed by atoms with Crippen LogP contribution in [0, 0.1) is 0 Å². The molecular formula is C11H14N2O5. The Balaban J connectivity index is 2.38. The molecule has 1 aromatic rings. The van der Waals surface area contributed by atoms with Crippen molar-refractivity contribution in [3.8, 4) is 0 Å². The summed E-state index contributed by atoms with van der Waals surface area (Å²) in [6, 6.07) is 0. The number of nitrogens with one attached hydrogen (secondary N) is 1. The summed E-state index contributed by atoms with van der Waals surface area (Å²) in [5.41, 5.74) is -0.912. The zero-order valence-corrected chi connectivity index (χ0v) is 9.57. The third-order valence-corrected chi connectivity index (χ3v) is 2.91. The van der Waals surface area contributed by atoms with Crippen molar-refractivity contribution in [2.45, 2.75) is 24.9 Å². The van der Waals surface area contributed by atoms with Gasteiger partial charge in [0.05, 0.1) is 18.3 Å². The van der Waals surface area contributed by atoms with Crippen LogP contribution in [0.25, 0.3) is 6.08 Å². The Morgan fingerprint density at radius 3 is 2.89 bits per heavy atom. The largest absolute Gasteiger partial charge is 0.394 e. The number of aliphatic hydroxyl groups excluding tert-OH is 2. The molecule has 2 heterocycles. The molecule has 3 N–H and O–H groups in total. The molecule has 0 bridgehead atoms. The molecule has 1 aromatic heterocycles. The average Bonchev–Trinajstić information content (AvgIpc) is 2.70. The highest BCUT2D eigenvalue weighted by molar-refractivity contribution is 5.43. The highest BCUT2D eigenvalue weighted by atomic mass is 16.5. The summed E-state index contributed by atoms with van der Waals surface area (Å²) in [4.78, 5) is 25.1. The van der Waals surface area contributed by atoms with Crippen molar-refractivity contribution in [1.29, 1.82) is 0 Å². The molecule has 0 unspecified atom stereocenters. The zero-order valence-electron chi connectivity index (χ0n) is 9.57.